The zero-order chi connectivity index (χ0) is 11.8. The number of aromatic nitrogens is 1. The molecule has 0 aliphatic carbocycles. The number of rotatable bonds is 2. The molecule has 1 aromatic heterocycles. The van der Waals surface area contributed by atoms with E-state index in [9.17, 15) is 17.2 Å². The largest absolute Gasteiger partial charge is 0.505 e. The van der Waals surface area contributed by atoms with Gasteiger partial charge >= 0.3 is 0 Å². The van der Waals surface area contributed by atoms with E-state index in [2.05, 4.69) is 4.98 Å². The van der Waals surface area contributed by atoms with E-state index >= 15 is 0 Å². The Hall–Kier alpha value is -1.28. The molecule has 0 amide bonds. The van der Waals surface area contributed by atoms with Crippen LogP contribution in [0.2, 0.25) is 0 Å². The highest BCUT2D eigenvalue weighted by atomic mass is 32.2. The Labute approximate surface area is 84.6 Å². The van der Waals surface area contributed by atoms with E-state index in [1.165, 1.54) is 0 Å². The molecule has 8 heteroatoms. The molecule has 0 atom stereocenters. The summed E-state index contributed by atoms with van der Waals surface area (Å²) in [7, 11) is -4.24. The van der Waals surface area contributed by atoms with Gasteiger partial charge in [0.2, 0.25) is 10.0 Å². The van der Waals surface area contributed by atoms with E-state index in [-0.39, 0.29) is 5.56 Å². The molecule has 0 saturated heterocycles. The monoisotopic (exact) mass is 238 g/mol. The van der Waals surface area contributed by atoms with Crippen LogP contribution in [0.4, 0.5) is 8.78 Å². The Balaban J connectivity index is 3.59. The maximum atomic E-state index is 12.3. The topological polar surface area (TPSA) is 93.3 Å². The molecule has 1 heterocycles. The van der Waals surface area contributed by atoms with E-state index in [0.29, 0.717) is 6.20 Å². The molecule has 0 aromatic carbocycles. The predicted molar refractivity (Wildman–Crippen MR) is 47.0 cm³/mol. The van der Waals surface area contributed by atoms with E-state index < -0.39 is 32.8 Å². The van der Waals surface area contributed by atoms with Crippen molar-refractivity contribution in [3.8, 4) is 5.75 Å². The SMILES string of the molecule is Cc1c(C(F)F)ncc(O)c1S(N)(=O)=O. The van der Waals surface area contributed by atoms with E-state index in [4.69, 9.17) is 10.2 Å². The van der Waals surface area contributed by atoms with Crippen LogP contribution in [0.3, 0.4) is 0 Å². The molecule has 5 nitrogen and oxygen atoms in total. The molecule has 1 rings (SSSR count). The summed E-state index contributed by atoms with van der Waals surface area (Å²) < 4.78 is 46.7. The molecule has 0 fully saturated rings. The molecule has 1 aromatic rings. The maximum Gasteiger partial charge on any atom is 0.280 e. The molecule has 0 saturated carbocycles. The number of alkyl halides is 2. The van der Waals surface area contributed by atoms with Gasteiger partial charge in [-0.15, -0.1) is 0 Å². The van der Waals surface area contributed by atoms with Gasteiger partial charge in [0.15, 0.2) is 5.75 Å². The van der Waals surface area contributed by atoms with Crippen LogP contribution in [0.1, 0.15) is 17.7 Å². The van der Waals surface area contributed by atoms with E-state index in [1.54, 1.807) is 0 Å². The first-order valence-electron chi connectivity index (χ1n) is 3.74. The third kappa shape index (κ3) is 2.21. The number of hydrogen-bond donors (Lipinski definition) is 2. The van der Waals surface area contributed by atoms with Crippen molar-refractivity contribution in [1.29, 1.82) is 0 Å². The number of primary sulfonamides is 1. The zero-order valence-corrected chi connectivity index (χ0v) is 8.42. The molecular formula is C7H8F2N2O3S. The fraction of sp³-hybridized carbons (Fsp3) is 0.286. The van der Waals surface area contributed by atoms with Gasteiger partial charge in [-0.05, 0) is 6.92 Å². The first-order chi connectivity index (χ1) is 6.75. The van der Waals surface area contributed by atoms with Gasteiger partial charge in [-0.3, -0.25) is 4.98 Å². The van der Waals surface area contributed by atoms with Gasteiger partial charge in [-0.25, -0.2) is 22.3 Å². The van der Waals surface area contributed by atoms with Gasteiger partial charge in [0, 0.05) is 5.56 Å². The molecule has 0 aliphatic rings. The first-order valence-corrected chi connectivity index (χ1v) is 5.29. The molecule has 0 bridgehead atoms. The van der Waals surface area contributed by atoms with Crippen molar-refractivity contribution in [2.45, 2.75) is 18.2 Å². The third-order valence-corrected chi connectivity index (χ3v) is 2.86. The minimum atomic E-state index is -4.24. The second kappa shape index (κ2) is 3.70. The minimum absolute atomic E-state index is 0.340. The van der Waals surface area contributed by atoms with Gasteiger partial charge in [0.25, 0.3) is 6.43 Å². The lowest BCUT2D eigenvalue weighted by Crippen LogP contribution is -2.15. The van der Waals surface area contributed by atoms with Crippen LogP contribution in [0, 0.1) is 6.92 Å². The molecular weight excluding hydrogens is 230 g/mol. The molecule has 0 unspecified atom stereocenters. The number of halogens is 2. The Morgan fingerprint density at radius 3 is 2.47 bits per heavy atom. The molecule has 15 heavy (non-hydrogen) atoms. The highest BCUT2D eigenvalue weighted by Gasteiger charge is 2.23. The van der Waals surface area contributed by atoms with Crippen LogP contribution in [-0.2, 0) is 10.0 Å². The van der Waals surface area contributed by atoms with Crippen molar-refractivity contribution >= 4 is 10.0 Å². The summed E-state index contributed by atoms with van der Waals surface area (Å²) in [5.41, 5.74) is -1.05. The van der Waals surface area contributed by atoms with Crippen molar-refractivity contribution in [3.05, 3.63) is 17.5 Å². The van der Waals surface area contributed by atoms with E-state index in [1.807, 2.05) is 0 Å². The number of sulfonamides is 1. The van der Waals surface area contributed by atoms with Crippen LogP contribution in [0.15, 0.2) is 11.1 Å². The summed E-state index contributed by atoms with van der Waals surface area (Å²) >= 11 is 0. The number of nitrogens with two attached hydrogens (primary N) is 1. The van der Waals surface area contributed by atoms with Crippen molar-refractivity contribution in [3.63, 3.8) is 0 Å². The molecule has 0 spiro atoms. The van der Waals surface area contributed by atoms with Gasteiger partial charge in [-0.2, -0.15) is 0 Å². The van der Waals surface area contributed by atoms with Crippen LogP contribution >= 0.6 is 0 Å². The zero-order valence-electron chi connectivity index (χ0n) is 7.61. The summed E-state index contributed by atoms with van der Waals surface area (Å²) in [6.07, 6.45) is -2.29. The van der Waals surface area contributed by atoms with E-state index in [0.717, 1.165) is 6.92 Å². The van der Waals surface area contributed by atoms with Crippen molar-refractivity contribution < 1.29 is 22.3 Å². The summed E-state index contributed by atoms with van der Waals surface area (Å²) in [6.45, 7) is 1.11. The number of hydrogen-bond acceptors (Lipinski definition) is 4. The Morgan fingerprint density at radius 2 is 2.07 bits per heavy atom. The average molecular weight is 238 g/mol. The predicted octanol–water partition coefficient (Wildman–Crippen LogP) is 0.681. The highest BCUT2D eigenvalue weighted by molar-refractivity contribution is 7.89. The number of pyridine rings is 1. The normalized spacial score (nSPS) is 12.1. The fourth-order valence-electron chi connectivity index (χ4n) is 1.17. The Morgan fingerprint density at radius 1 is 1.53 bits per heavy atom. The van der Waals surface area contributed by atoms with Crippen molar-refractivity contribution in [2.75, 3.05) is 0 Å². The minimum Gasteiger partial charge on any atom is -0.505 e. The molecule has 0 aliphatic heterocycles. The van der Waals surface area contributed by atoms with Gasteiger partial charge < -0.3 is 5.11 Å². The lowest BCUT2D eigenvalue weighted by Gasteiger charge is -2.09. The molecule has 0 radical (unpaired) electrons. The Bertz CT molecular complexity index is 487. The van der Waals surface area contributed by atoms with Crippen molar-refractivity contribution in [2.24, 2.45) is 5.14 Å². The fourth-order valence-corrected chi connectivity index (χ4v) is 2.05. The molecule has 3 N–H and O–H groups in total. The summed E-state index contributed by atoms with van der Waals surface area (Å²) in [4.78, 5) is 2.52. The average Bonchev–Trinajstić information content (AvgIpc) is 2.00. The number of nitrogens with zero attached hydrogens (tertiary/aromatic N) is 1. The second-order valence-corrected chi connectivity index (χ2v) is 4.33. The van der Waals surface area contributed by atoms with Crippen LogP contribution in [0.25, 0.3) is 0 Å². The quantitative estimate of drug-likeness (QED) is 0.792. The second-order valence-electron chi connectivity index (χ2n) is 2.83. The van der Waals surface area contributed by atoms with Crippen LogP contribution < -0.4 is 5.14 Å². The van der Waals surface area contributed by atoms with Crippen LogP contribution in [-0.4, -0.2) is 18.5 Å². The summed E-state index contributed by atoms with van der Waals surface area (Å²) in [5.74, 6) is -0.737. The first kappa shape index (κ1) is 11.8. The highest BCUT2D eigenvalue weighted by Crippen LogP contribution is 2.30. The van der Waals surface area contributed by atoms with Gasteiger partial charge in [0.05, 0.1) is 6.20 Å². The number of aromatic hydroxyl groups is 1. The lowest BCUT2D eigenvalue weighted by molar-refractivity contribution is 0.144. The third-order valence-electron chi connectivity index (χ3n) is 1.77. The standard InChI is InChI=1S/C7H8F2N2O3S/c1-3-5(7(8)9)11-2-4(12)6(3)15(10,13)14/h2,7,12H,1H3,(H2,10,13,14). The maximum absolute atomic E-state index is 12.3. The summed E-state index contributed by atoms with van der Waals surface area (Å²) in [6, 6.07) is 0. The smallest absolute Gasteiger partial charge is 0.280 e. The van der Waals surface area contributed by atoms with Gasteiger partial charge in [-0.1, -0.05) is 0 Å². The lowest BCUT2D eigenvalue weighted by atomic mass is 10.2. The van der Waals surface area contributed by atoms with Crippen LogP contribution in [0.5, 0.6) is 5.75 Å². The molecule has 84 valence electrons. The van der Waals surface area contributed by atoms with Crippen molar-refractivity contribution in [1.82, 2.24) is 4.98 Å². The summed E-state index contributed by atoms with van der Waals surface area (Å²) in [5, 5.41) is 13.9. The van der Waals surface area contributed by atoms with Gasteiger partial charge in [0.1, 0.15) is 10.6 Å². The Kier molecular flexibility index (Phi) is 2.91.